The van der Waals surface area contributed by atoms with Gasteiger partial charge in [0.15, 0.2) is 0 Å². The Balaban J connectivity index is 0.000000379. The average molecular weight is 542 g/mol. The quantitative estimate of drug-likeness (QED) is 0.451. The number of carboxylic acid groups (broad SMARTS) is 1. The lowest BCUT2D eigenvalue weighted by Crippen LogP contribution is -2.35. The maximum atomic E-state index is 13.1. The van der Waals surface area contributed by atoms with E-state index in [-0.39, 0.29) is 24.8 Å². The fraction of sp³-hybridized carbons (Fsp3) is 0.548. The van der Waals surface area contributed by atoms with E-state index in [0.717, 1.165) is 67.8 Å². The highest BCUT2D eigenvalue weighted by atomic mass is 19.3. The number of nitrogens with zero attached hydrogens (tertiary/aromatic N) is 2. The minimum atomic E-state index is -2.32. The Morgan fingerprint density at radius 2 is 1.51 bits per heavy atom. The Hall–Kier alpha value is -3.00. The normalized spacial score (nSPS) is 22.9. The highest BCUT2D eigenvalue weighted by molar-refractivity contribution is 5.97. The Morgan fingerprint density at radius 3 is 2.03 bits per heavy atom. The van der Waals surface area contributed by atoms with Crippen molar-refractivity contribution in [1.29, 1.82) is 0 Å². The van der Waals surface area contributed by atoms with Crippen molar-refractivity contribution in [3.63, 3.8) is 0 Å². The van der Waals surface area contributed by atoms with Crippen molar-refractivity contribution in [3.8, 4) is 0 Å². The van der Waals surface area contributed by atoms with E-state index in [9.17, 15) is 23.5 Å². The van der Waals surface area contributed by atoms with E-state index < -0.39 is 12.0 Å². The van der Waals surface area contributed by atoms with Crippen LogP contribution in [0.3, 0.4) is 0 Å². The van der Waals surface area contributed by atoms with Crippen molar-refractivity contribution in [2.24, 2.45) is 11.8 Å². The van der Waals surface area contributed by atoms with Crippen molar-refractivity contribution in [3.05, 3.63) is 70.8 Å². The number of hydrogen-bond donors (Lipinski definition) is 2. The summed E-state index contributed by atoms with van der Waals surface area (Å²) in [5.74, 6) is -1.17. The van der Waals surface area contributed by atoms with Crippen LogP contribution in [0.2, 0.25) is 0 Å². The molecular weight excluding hydrogens is 500 g/mol. The first-order valence-electron chi connectivity index (χ1n) is 14.1. The van der Waals surface area contributed by atoms with Gasteiger partial charge in [-0.15, -0.1) is 0 Å². The van der Waals surface area contributed by atoms with Crippen molar-refractivity contribution in [1.82, 2.24) is 15.1 Å². The number of alkyl halides is 2. The summed E-state index contributed by atoms with van der Waals surface area (Å²) in [6.07, 6.45) is 2.41. The van der Waals surface area contributed by atoms with E-state index in [1.165, 1.54) is 0 Å². The molecule has 2 unspecified atom stereocenters. The molecule has 0 bridgehead atoms. The van der Waals surface area contributed by atoms with E-state index in [2.05, 4.69) is 10.2 Å². The van der Waals surface area contributed by atoms with Crippen LogP contribution in [0, 0.1) is 25.7 Å². The number of aryl methyl sites for hydroxylation is 2. The molecule has 1 aliphatic carbocycles. The molecule has 0 spiro atoms. The van der Waals surface area contributed by atoms with Gasteiger partial charge in [-0.05, 0) is 61.6 Å². The SMILES string of the molecule is Cc1cccc(C)c1C(=O)N1CC2CN(CCC(NC(=O)O)c3ccccc3)C[C@H]2C1.FC1(F)CCCCC1. The van der Waals surface area contributed by atoms with Crippen LogP contribution in [0.4, 0.5) is 13.6 Å². The molecule has 2 N–H and O–H groups in total. The molecule has 3 aliphatic rings. The number of halogens is 2. The molecule has 1 saturated carbocycles. The van der Waals surface area contributed by atoms with Gasteiger partial charge in [-0.1, -0.05) is 55.0 Å². The van der Waals surface area contributed by atoms with Gasteiger partial charge >= 0.3 is 6.09 Å². The van der Waals surface area contributed by atoms with Crippen LogP contribution in [-0.4, -0.2) is 65.6 Å². The number of rotatable bonds is 6. The Bertz CT molecular complexity index is 1090. The summed E-state index contributed by atoms with van der Waals surface area (Å²) in [4.78, 5) is 28.8. The summed E-state index contributed by atoms with van der Waals surface area (Å²) in [6, 6.07) is 15.6. The van der Waals surface area contributed by atoms with E-state index >= 15 is 0 Å². The molecule has 0 aromatic heterocycles. The zero-order valence-corrected chi connectivity index (χ0v) is 23.0. The minimum Gasteiger partial charge on any atom is -0.465 e. The first-order chi connectivity index (χ1) is 18.6. The van der Waals surface area contributed by atoms with Gasteiger partial charge in [0.25, 0.3) is 5.91 Å². The van der Waals surface area contributed by atoms with Crippen LogP contribution in [-0.2, 0) is 0 Å². The van der Waals surface area contributed by atoms with Crippen molar-refractivity contribution >= 4 is 12.0 Å². The first kappa shape index (κ1) is 29.0. The number of nitrogens with one attached hydrogen (secondary N) is 1. The van der Waals surface area contributed by atoms with Crippen LogP contribution in [0.15, 0.2) is 48.5 Å². The second kappa shape index (κ2) is 12.9. The van der Waals surface area contributed by atoms with Gasteiger partial charge in [-0.2, -0.15) is 0 Å². The van der Waals surface area contributed by atoms with Gasteiger partial charge in [0, 0.05) is 51.1 Å². The van der Waals surface area contributed by atoms with Gasteiger partial charge in [-0.3, -0.25) is 4.79 Å². The highest BCUT2D eigenvalue weighted by Gasteiger charge is 2.42. The van der Waals surface area contributed by atoms with Crippen LogP contribution < -0.4 is 5.32 Å². The second-order valence-electron chi connectivity index (χ2n) is 11.4. The van der Waals surface area contributed by atoms with E-state index in [0.29, 0.717) is 24.7 Å². The molecule has 212 valence electrons. The zero-order valence-electron chi connectivity index (χ0n) is 23.0. The van der Waals surface area contributed by atoms with Gasteiger partial charge < -0.3 is 20.2 Å². The molecular formula is C31H41F2N3O3. The fourth-order valence-electron chi connectivity index (χ4n) is 6.29. The van der Waals surface area contributed by atoms with Crippen LogP contribution in [0.5, 0.6) is 0 Å². The molecule has 6 nitrogen and oxygen atoms in total. The van der Waals surface area contributed by atoms with Crippen LogP contribution in [0.25, 0.3) is 0 Å². The highest BCUT2D eigenvalue weighted by Crippen LogP contribution is 2.34. The Morgan fingerprint density at radius 1 is 0.923 bits per heavy atom. The molecule has 39 heavy (non-hydrogen) atoms. The molecule has 0 radical (unpaired) electrons. The number of carbonyl (C=O) groups is 2. The van der Waals surface area contributed by atoms with E-state index in [1.54, 1.807) is 0 Å². The summed E-state index contributed by atoms with van der Waals surface area (Å²) in [5, 5.41) is 11.9. The zero-order chi connectivity index (χ0) is 28.0. The smallest absolute Gasteiger partial charge is 0.405 e. The monoisotopic (exact) mass is 541 g/mol. The lowest BCUT2D eigenvalue weighted by Gasteiger charge is -2.25. The Labute approximate surface area is 230 Å². The average Bonchev–Trinajstić information content (AvgIpc) is 3.46. The molecule has 2 aromatic carbocycles. The molecule has 2 aromatic rings. The third-order valence-corrected chi connectivity index (χ3v) is 8.36. The predicted octanol–water partition coefficient (Wildman–Crippen LogP) is 6.29. The summed E-state index contributed by atoms with van der Waals surface area (Å²) in [7, 11) is 0. The van der Waals surface area contributed by atoms with Gasteiger partial charge in [0.05, 0.1) is 6.04 Å². The van der Waals surface area contributed by atoms with Gasteiger partial charge in [0.1, 0.15) is 0 Å². The fourth-order valence-corrected chi connectivity index (χ4v) is 6.29. The van der Waals surface area contributed by atoms with Crippen molar-refractivity contribution < 1.29 is 23.5 Å². The number of carbonyl (C=O) groups excluding carboxylic acids is 1. The van der Waals surface area contributed by atoms with E-state index in [1.807, 2.05) is 67.3 Å². The number of likely N-dealkylation sites (tertiary alicyclic amines) is 2. The summed E-state index contributed by atoms with van der Waals surface area (Å²) in [6.45, 7) is 8.41. The molecule has 8 heteroatoms. The topological polar surface area (TPSA) is 72.9 Å². The van der Waals surface area contributed by atoms with E-state index in [4.69, 9.17) is 0 Å². The third kappa shape index (κ3) is 7.78. The maximum absolute atomic E-state index is 13.1. The number of benzene rings is 2. The second-order valence-corrected chi connectivity index (χ2v) is 11.4. The lowest BCUT2D eigenvalue weighted by molar-refractivity contribution is -0.0337. The number of hydrogen-bond acceptors (Lipinski definition) is 3. The lowest BCUT2D eigenvalue weighted by atomic mass is 9.97. The molecule has 3 atom stereocenters. The molecule has 2 heterocycles. The summed E-state index contributed by atoms with van der Waals surface area (Å²) < 4.78 is 24.4. The summed E-state index contributed by atoms with van der Waals surface area (Å²) >= 11 is 0. The summed E-state index contributed by atoms with van der Waals surface area (Å²) in [5.41, 5.74) is 3.93. The van der Waals surface area contributed by atoms with Gasteiger partial charge in [0.2, 0.25) is 5.92 Å². The molecule has 3 fully saturated rings. The van der Waals surface area contributed by atoms with Crippen LogP contribution >= 0.6 is 0 Å². The first-order valence-corrected chi connectivity index (χ1v) is 14.1. The van der Waals surface area contributed by atoms with Crippen LogP contribution in [0.1, 0.15) is 71.6 Å². The maximum Gasteiger partial charge on any atom is 0.405 e. The molecule has 2 aliphatic heterocycles. The minimum absolute atomic E-state index is 0.118. The number of amides is 2. The molecule has 2 saturated heterocycles. The van der Waals surface area contributed by atoms with Gasteiger partial charge in [-0.25, -0.2) is 13.6 Å². The predicted molar refractivity (Wildman–Crippen MR) is 148 cm³/mol. The van der Waals surface area contributed by atoms with Crippen molar-refractivity contribution in [2.75, 3.05) is 32.7 Å². The molecule has 2 amide bonds. The third-order valence-electron chi connectivity index (χ3n) is 8.36. The Kier molecular flexibility index (Phi) is 9.59. The number of fused-ring (bicyclic) bond motifs is 1. The standard InChI is InChI=1S/C25H31N3O3.C6H10F2/c1-17-7-6-8-18(2)23(17)24(29)28-15-20-13-27(14-21(20)16-28)12-11-22(26-25(30)31)19-9-4-3-5-10-19;7-6(8)4-2-1-3-5-6/h3-10,20-22,26H,11-16H2,1-2H3,(H,30,31);1-5H2/t20-,21?,22?;/m0./s1. The van der Waals surface area contributed by atoms with Crippen molar-refractivity contribution in [2.45, 2.75) is 64.3 Å². The largest absolute Gasteiger partial charge is 0.465 e. The molecule has 5 rings (SSSR count).